The molecule has 1 aromatic rings. The van der Waals surface area contributed by atoms with E-state index in [2.05, 4.69) is 48.5 Å². The van der Waals surface area contributed by atoms with E-state index in [1.54, 1.807) is 6.34 Å². The van der Waals surface area contributed by atoms with E-state index < -0.39 is 0 Å². The molecule has 1 rings (SSSR count). The van der Waals surface area contributed by atoms with Crippen LogP contribution in [0.2, 0.25) is 0 Å². The fraction of sp³-hybridized carbons (Fsp3) is 0.333. The summed E-state index contributed by atoms with van der Waals surface area (Å²) >= 11 is 5.66. The predicted molar refractivity (Wildman–Crippen MR) is 71.2 cm³/mol. The average Bonchev–Trinajstić information content (AvgIpc) is 2.09. The molecule has 0 aromatic carbocycles. The van der Waals surface area contributed by atoms with E-state index in [4.69, 9.17) is 0 Å². The van der Waals surface area contributed by atoms with Crippen LogP contribution >= 0.6 is 38.5 Å². The monoisotopic (exact) mass is 367 g/mol. The third-order valence-corrected chi connectivity index (χ3v) is 3.09. The summed E-state index contributed by atoms with van der Waals surface area (Å²) in [5, 5.41) is 0. The lowest BCUT2D eigenvalue weighted by Gasteiger charge is -2.04. The minimum Gasteiger partial charge on any atom is -0.369 e. The molecular formula is C9H11BrIN3. The number of aliphatic imine (C=N–C) groups is 1. The van der Waals surface area contributed by atoms with Crippen LogP contribution in [0.15, 0.2) is 15.5 Å². The number of nitrogens with zero attached hydrogens (tertiary/aromatic N) is 3. The van der Waals surface area contributed by atoms with Gasteiger partial charge in [-0.15, -0.1) is 0 Å². The van der Waals surface area contributed by atoms with Crippen molar-refractivity contribution in [2.75, 3.05) is 14.1 Å². The van der Waals surface area contributed by atoms with Crippen LogP contribution in [0.25, 0.3) is 0 Å². The highest BCUT2D eigenvalue weighted by Crippen LogP contribution is 2.24. The van der Waals surface area contributed by atoms with Crippen LogP contribution < -0.4 is 0 Å². The van der Waals surface area contributed by atoms with Crippen LogP contribution in [0.4, 0.5) is 5.82 Å². The van der Waals surface area contributed by atoms with Crippen molar-refractivity contribution >= 4 is 50.7 Å². The molecule has 1 aromatic heterocycles. The van der Waals surface area contributed by atoms with Gasteiger partial charge in [0.2, 0.25) is 0 Å². The third kappa shape index (κ3) is 3.20. The second kappa shape index (κ2) is 5.06. The average molecular weight is 368 g/mol. The van der Waals surface area contributed by atoms with Crippen molar-refractivity contribution in [3.63, 3.8) is 0 Å². The molecule has 0 unspecified atom stereocenters. The summed E-state index contributed by atoms with van der Waals surface area (Å²) in [5.74, 6) is 0.764. The number of hydrogen-bond acceptors (Lipinski definition) is 2. The first-order valence-corrected chi connectivity index (χ1v) is 5.91. The van der Waals surface area contributed by atoms with E-state index in [9.17, 15) is 0 Å². The van der Waals surface area contributed by atoms with Crippen LogP contribution in [-0.2, 0) is 0 Å². The van der Waals surface area contributed by atoms with E-state index in [0.717, 1.165) is 19.6 Å². The molecule has 0 amide bonds. The molecule has 0 fully saturated rings. The molecule has 0 radical (unpaired) electrons. The third-order valence-electron chi connectivity index (χ3n) is 1.50. The Morgan fingerprint density at radius 3 is 2.79 bits per heavy atom. The van der Waals surface area contributed by atoms with E-state index in [-0.39, 0.29) is 0 Å². The molecule has 14 heavy (non-hydrogen) atoms. The Bertz CT molecular complexity index is 363. The van der Waals surface area contributed by atoms with Crippen molar-refractivity contribution in [1.82, 2.24) is 9.88 Å². The quantitative estimate of drug-likeness (QED) is 0.456. The van der Waals surface area contributed by atoms with E-state index in [1.807, 2.05) is 32.0 Å². The summed E-state index contributed by atoms with van der Waals surface area (Å²) < 4.78 is 2.06. The number of pyridine rings is 1. The normalized spacial score (nSPS) is 10.9. The molecule has 0 spiro atoms. The van der Waals surface area contributed by atoms with Gasteiger partial charge in [-0.1, -0.05) is 0 Å². The zero-order valence-corrected chi connectivity index (χ0v) is 12.0. The first-order chi connectivity index (χ1) is 6.50. The maximum absolute atomic E-state index is 4.37. The lowest BCUT2D eigenvalue weighted by Crippen LogP contribution is -2.07. The molecule has 0 atom stereocenters. The van der Waals surface area contributed by atoms with Crippen LogP contribution in [0, 0.1) is 10.5 Å². The van der Waals surface area contributed by atoms with E-state index in [0.29, 0.717) is 0 Å². The Kier molecular flexibility index (Phi) is 4.31. The summed E-state index contributed by atoms with van der Waals surface area (Å²) in [6.07, 6.45) is 1.75. The van der Waals surface area contributed by atoms with Gasteiger partial charge < -0.3 is 4.90 Å². The molecule has 0 saturated heterocycles. The highest BCUT2D eigenvalue weighted by Gasteiger charge is 2.03. The molecule has 0 aliphatic rings. The van der Waals surface area contributed by atoms with Gasteiger partial charge in [0.05, 0.1) is 15.6 Å². The Labute approximate surface area is 106 Å². The fourth-order valence-electron chi connectivity index (χ4n) is 0.807. The molecule has 76 valence electrons. The second-order valence-electron chi connectivity index (χ2n) is 3.07. The summed E-state index contributed by atoms with van der Waals surface area (Å²) in [4.78, 5) is 10.5. The predicted octanol–water partition coefficient (Wildman–Crippen LogP) is 2.98. The topological polar surface area (TPSA) is 28.5 Å². The van der Waals surface area contributed by atoms with Gasteiger partial charge in [0.1, 0.15) is 0 Å². The van der Waals surface area contributed by atoms with Gasteiger partial charge in [-0.2, -0.15) is 0 Å². The van der Waals surface area contributed by atoms with Crippen molar-refractivity contribution in [1.29, 1.82) is 0 Å². The summed E-state index contributed by atoms with van der Waals surface area (Å²) in [5.41, 5.74) is 0.955. The van der Waals surface area contributed by atoms with Gasteiger partial charge >= 0.3 is 0 Å². The standard InChI is InChI=1S/C9H11BrIN3/c1-6-7(10)4-8(11)9(13-6)12-5-14(2)3/h4-5H,1-3H3. The lowest BCUT2D eigenvalue weighted by atomic mass is 10.4. The Morgan fingerprint density at radius 2 is 2.21 bits per heavy atom. The van der Waals surface area contributed by atoms with Crippen molar-refractivity contribution in [2.24, 2.45) is 4.99 Å². The molecule has 0 bridgehead atoms. The number of rotatable bonds is 2. The van der Waals surface area contributed by atoms with Gasteiger partial charge in [0.15, 0.2) is 5.82 Å². The Morgan fingerprint density at radius 1 is 1.57 bits per heavy atom. The minimum atomic E-state index is 0.764. The maximum Gasteiger partial charge on any atom is 0.167 e. The first kappa shape index (κ1) is 11.9. The molecular weight excluding hydrogens is 357 g/mol. The van der Waals surface area contributed by atoms with E-state index in [1.165, 1.54) is 0 Å². The van der Waals surface area contributed by atoms with Gasteiger partial charge in [-0.05, 0) is 51.5 Å². The first-order valence-electron chi connectivity index (χ1n) is 4.04. The zero-order chi connectivity index (χ0) is 10.7. The number of halogens is 2. The van der Waals surface area contributed by atoms with Gasteiger partial charge in [0, 0.05) is 18.6 Å². The molecule has 5 heteroatoms. The Hall–Kier alpha value is -0.170. The van der Waals surface area contributed by atoms with Crippen molar-refractivity contribution in [3.8, 4) is 0 Å². The van der Waals surface area contributed by atoms with Crippen molar-refractivity contribution < 1.29 is 0 Å². The molecule has 3 nitrogen and oxygen atoms in total. The van der Waals surface area contributed by atoms with E-state index >= 15 is 0 Å². The molecule has 0 N–H and O–H groups in total. The second-order valence-corrected chi connectivity index (χ2v) is 5.09. The maximum atomic E-state index is 4.37. The number of aromatic nitrogens is 1. The molecule has 0 saturated carbocycles. The van der Waals surface area contributed by atoms with Gasteiger partial charge in [0.25, 0.3) is 0 Å². The van der Waals surface area contributed by atoms with Crippen LogP contribution in [0.5, 0.6) is 0 Å². The summed E-state index contributed by atoms with van der Waals surface area (Å²) in [6, 6.07) is 2.02. The number of hydrogen-bond donors (Lipinski definition) is 0. The Balaban J connectivity index is 3.04. The molecule has 1 heterocycles. The molecule has 0 aliphatic carbocycles. The largest absolute Gasteiger partial charge is 0.369 e. The lowest BCUT2D eigenvalue weighted by molar-refractivity contribution is 0.643. The molecule has 0 aliphatic heterocycles. The highest BCUT2D eigenvalue weighted by molar-refractivity contribution is 14.1. The zero-order valence-electron chi connectivity index (χ0n) is 8.25. The minimum absolute atomic E-state index is 0.764. The summed E-state index contributed by atoms with van der Waals surface area (Å²) in [7, 11) is 3.87. The van der Waals surface area contributed by atoms with Crippen LogP contribution in [-0.4, -0.2) is 30.3 Å². The fourth-order valence-corrected chi connectivity index (χ4v) is 2.12. The van der Waals surface area contributed by atoms with Crippen LogP contribution in [0.1, 0.15) is 5.69 Å². The van der Waals surface area contributed by atoms with Crippen LogP contribution in [0.3, 0.4) is 0 Å². The highest BCUT2D eigenvalue weighted by atomic mass is 127. The van der Waals surface area contributed by atoms with Crippen molar-refractivity contribution in [2.45, 2.75) is 6.92 Å². The van der Waals surface area contributed by atoms with Crippen molar-refractivity contribution in [3.05, 3.63) is 19.8 Å². The van der Waals surface area contributed by atoms with Gasteiger partial charge in [-0.3, -0.25) is 0 Å². The number of aryl methyl sites for hydroxylation is 1. The SMILES string of the molecule is Cc1nc(N=CN(C)C)c(I)cc1Br. The summed E-state index contributed by atoms with van der Waals surface area (Å²) in [6.45, 7) is 1.95. The van der Waals surface area contributed by atoms with Gasteiger partial charge in [-0.25, -0.2) is 9.98 Å². The smallest absolute Gasteiger partial charge is 0.167 e.